The molecule has 1 aliphatic heterocycles. The molecule has 1 N–H and O–H groups in total. The molecule has 7 heteroatoms. The third-order valence-corrected chi connectivity index (χ3v) is 4.29. The first-order valence-corrected chi connectivity index (χ1v) is 8.17. The second-order valence-electron chi connectivity index (χ2n) is 6.76. The Labute approximate surface area is 139 Å². The summed E-state index contributed by atoms with van der Waals surface area (Å²) in [6.45, 7) is 5.96. The number of benzene rings is 1. The molecule has 130 valence electrons. The van der Waals surface area contributed by atoms with Gasteiger partial charge in [-0.15, -0.1) is 0 Å². The minimum atomic E-state index is -0.864. The van der Waals surface area contributed by atoms with E-state index in [9.17, 15) is 13.9 Å². The van der Waals surface area contributed by atoms with Gasteiger partial charge in [-0.2, -0.15) is 5.10 Å². The van der Waals surface area contributed by atoms with Crippen molar-refractivity contribution in [2.45, 2.75) is 45.5 Å². The smallest absolute Gasteiger partial charge is 0.159 e. The van der Waals surface area contributed by atoms with E-state index in [0.29, 0.717) is 31.0 Å². The quantitative estimate of drug-likeness (QED) is 0.912. The lowest BCUT2D eigenvalue weighted by atomic mass is 10.0. The molecular formula is C17H22F2N4O. The number of likely N-dealkylation sites (tertiary alicyclic amines) is 1. The first kappa shape index (κ1) is 17.0. The number of halogens is 2. The van der Waals surface area contributed by atoms with Crippen molar-refractivity contribution in [1.29, 1.82) is 0 Å². The van der Waals surface area contributed by atoms with Crippen LogP contribution >= 0.6 is 0 Å². The summed E-state index contributed by atoms with van der Waals surface area (Å²) in [5.74, 6) is -0.473. The average molecular weight is 336 g/mol. The second kappa shape index (κ2) is 6.94. The molecule has 3 rings (SSSR count). The van der Waals surface area contributed by atoms with E-state index in [1.165, 1.54) is 12.4 Å². The van der Waals surface area contributed by atoms with E-state index in [1.54, 1.807) is 6.07 Å². The number of aliphatic hydroxyl groups excluding tert-OH is 1. The zero-order valence-electron chi connectivity index (χ0n) is 13.9. The van der Waals surface area contributed by atoms with Crippen LogP contribution in [0.4, 0.5) is 8.78 Å². The van der Waals surface area contributed by atoms with Gasteiger partial charge >= 0.3 is 0 Å². The molecule has 0 amide bonds. The monoisotopic (exact) mass is 336 g/mol. The standard InChI is InChI=1S/C17H22F2N4O/c1-11(2)7-23-17(20-10-21-23)9-22-8-13(24)6-16(22)12-3-4-14(18)15(19)5-12/h3-5,10-11,13,16,24H,6-9H2,1-2H3/t13-,16+/m0/s1. The maximum absolute atomic E-state index is 13.6. The molecule has 1 fully saturated rings. The third kappa shape index (κ3) is 3.62. The van der Waals surface area contributed by atoms with Gasteiger partial charge in [0.25, 0.3) is 0 Å². The molecule has 0 radical (unpaired) electrons. The fraction of sp³-hybridized carbons (Fsp3) is 0.529. The number of hydrogen-bond acceptors (Lipinski definition) is 4. The summed E-state index contributed by atoms with van der Waals surface area (Å²) in [6.07, 6.45) is 1.52. The highest BCUT2D eigenvalue weighted by Crippen LogP contribution is 2.33. The second-order valence-corrected chi connectivity index (χ2v) is 6.76. The molecule has 0 saturated carbocycles. The van der Waals surface area contributed by atoms with E-state index in [1.807, 2.05) is 9.58 Å². The van der Waals surface area contributed by atoms with E-state index in [0.717, 1.165) is 18.4 Å². The van der Waals surface area contributed by atoms with Crippen molar-refractivity contribution in [2.24, 2.45) is 5.92 Å². The largest absolute Gasteiger partial charge is 0.392 e. The van der Waals surface area contributed by atoms with Crippen LogP contribution in [-0.2, 0) is 13.1 Å². The number of rotatable bonds is 5. The summed E-state index contributed by atoms with van der Waals surface area (Å²) >= 11 is 0. The minimum absolute atomic E-state index is 0.167. The molecule has 1 aromatic heterocycles. The van der Waals surface area contributed by atoms with Gasteiger partial charge in [0.2, 0.25) is 0 Å². The Hall–Kier alpha value is -1.86. The number of aliphatic hydroxyl groups is 1. The lowest BCUT2D eigenvalue weighted by molar-refractivity contribution is 0.170. The number of hydrogen-bond donors (Lipinski definition) is 1. The summed E-state index contributed by atoms with van der Waals surface area (Å²) < 4.78 is 28.6. The highest BCUT2D eigenvalue weighted by Gasteiger charge is 2.33. The molecule has 0 bridgehead atoms. The molecule has 0 spiro atoms. The van der Waals surface area contributed by atoms with Gasteiger partial charge in [0.15, 0.2) is 11.6 Å². The molecule has 1 saturated heterocycles. The SMILES string of the molecule is CC(C)Cn1ncnc1CN1C[C@@H](O)C[C@@H]1c1ccc(F)c(F)c1. The molecule has 0 unspecified atom stereocenters. The van der Waals surface area contributed by atoms with Crippen LogP contribution in [0.2, 0.25) is 0 Å². The fourth-order valence-electron chi connectivity index (χ4n) is 3.21. The molecule has 1 aromatic carbocycles. The fourth-order valence-corrected chi connectivity index (χ4v) is 3.21. The molecule has 1 aliphatic rings. The summed E-state index contributed by atoms with van der Waals surface area (Å²) in [6, 6.07) is 3.75. The molecular weight excluding hydrogens is 314 g/mol. The van der Waals surface area contributed by atoms with Crippen molar-refractivity contribution >= 4 is 0 Å². The predicted octanol–water partition coefficient (Wildman–Crippen LogP) is 2.52. The van der Waals surface area contributed by atoms with Gasteiger partial charge in [-0.3, -0.25) is 4.90 Å². The van der Waals surface area contributed by atoms with E-state index >= 15 is 0 Å². The first-order chi connectivity index (χ1) is 11.4. The van der Waals surface area contributed by atoms with Crippen molar-refractivity contribution in [3.8, 4) is 0 Å². The maximum Gasteiger partial charge on any atom is 0.159 e. The van der Waals surface area contributed by atoms with Gasteiger partial charge in [-0.05, 0) is 30.0 Å². The zero-order chi connectivity index (χ0) is 17.3. The van der Waals surface area contributed by atoms with Crippen LogP contribution in [0.3, 0.4) is 0 Å². The minimum Gasteiger partial charge on any atom is -0.392 e. The van der Waals surface area contributed by atoms with Crippen LogP contribution in [0, 0.1) is 17.6 Å². The van der Waals surface area contributed by atoms with E-state index in [2.05, 4.69) is 23.9 Å². The normalized spacial score (nSPS) is 21.8. The van der Waals surface area contributed by atoms with Crippen LogP contribution in [0.5, 0.6) is 0 Å². The van der Waals surface area contributed by atoms with Crippen LogP contribution in [0.25, 0.3) is 0 Å². The van der Waals surface area contributed by atoms with Gasteiger partial charge < -0.3 is 5.11 Å². The molecule has 2 atom stereocenters. The van der Waals surface area contributed by atoms with Gasteiger partial charge in [0.05, 0.1) is 12.6 Å². The van der Waals surface area contributed by atoms with Crippen LogP contribution < -0.4 is 0 Å². The van der Waals surface area contributed by atoms with Gasteiger partial charge in [0.1, 0.15) is 12.2 Å². The van der Waals surface area contributed by atoms with E-state index in [-0.39, 0.29) is 6.04 Å². The van der Waals surface area contributed by atoms with Crippen molar-refractivity contribution in [2.75, 3.05) is 6.54 Å². The number of β-amino-alcohol motifs (C(OH)–C–C–N with tert-alkyl or cyclic N) is 1. The van der Waals surface area contributed by atoms with Crippen LogP contribution in [0.15, 0.2) is 24.5 Å². The van der Waals surface area contributed by atoms with Crippen LogP contribution in [-0.4, -0.2) is 37.4 Å². The Bertz CT molecular complexity index is 704. The Morgan fingerprint density at radius 2 is 2.08 bits per heavy atom. The van der Waals surface area contributed by atoms with E-state index < -0.39 is 17.7 Å². The maximum atomic E-state index is 13.6. The Morgan fingerprint density at radius 3 is 2.79 bits per heavy atom. The third-order valence-electron chi connectivity index (χ3n) is 4.29. The summed E-state index contributed by atoms with van der Waals surface area (Å²) in [7, 11) is 0. The lowest BCUT2D eigenvalue weighted by Crippen LogP contribution is -2.27. The first-order valence-electron chi connectivity index (χ1n) is 8.17. The van der Waals surface area contributed by atoms with Crippen molar-refractivity contribution in [3.05, 3.63) is 47.5 Å². The van der Waals surface area contributed by atoms with E-state index in [4.69, 9.17) is 0 Å². The average Bonchev–Trinajstić information content (AvgIpc) is 3.09. The molecule has 5 nitrogen and oxygen atoms in total. The molecule has 2 heterocycles. The highest BCUT2D eigenvalue weighted by atomic mass is 19.2. The zero-order valence-corrected chi connectivity index (χ0v) is 13.9. The van der Waals surface area contributed by atoms with Gasteiger partial charge in [-0.1, -0.05) is 19.9 Å². The summed E-state index contributed by atoms with van der Waals surface area (Å²) in [4.78, 5) is 6.35. The summed E-state index contributed by atoms with van der Waals surface area (Å²) in [5, 5.41) is 14.3. The van der Waals surface area contributed by atoms with Gasteiger partial charge in [0, 0.05) is 19.1 Å². The molecule has 2 aromatic rings. The van der Waals surface area contributed by atoms with Crippen LogP contribution in [0.1, 0.15) is 37.7 Å². The number of aromatic nitrogens is 3. The van der Waals surface area contributed by atoms with Crippen molar-refractivity contribution in [3.63, 3.8) is 0 Å². The predicted molar refractivity (Wildman–Crippen MR) is 85.0 cm³/mol. The Balaban J connectivity index is 1.81. The molecule has 0 aliphatic carbocycles. The van der Waals surface area contributed by atoms with Crippen molar-refractivity contribution in [1.82, 2.24) is 19.7 Å². The Morgan fingerprint density at radius 1 is 1.29 bits per heavy atom. The Kier molecular flexibility index (Phi) is 4.91. The van der Waals surface area contributed by atoms with Crippen molar-refractivity contribution < 1.29 is 13.9 Å². The molecule has 24 heavy (non-hydrogen) atoms. The lowest BCUT2D eigenvalue weighted by Gasteiger charge is -2.24. The highest BCUT2D eigenvalue weighted by molar-refractivity contribution is 5.23. The number of nitrogens with zero attached hydrogens (tertiary/aromatic N) is 4. The summed E-state index contributed by atoms with van der Waals surface area (Å²) in [5.41, 5.74) is 0.667. The van der Waals surface area contributed by atoms with Gasteiger partial charge in [-0.25, -0.2) is 18.4 Å². The topological polar surface area (TPSA) is 54.2 Å².